The van der Waals surface area contributed by atoms with Crippen LogP contribution >= 0.6 is 0 Å². The molecule has 0 unspecified atom stereocenters. The van der Waals surface area contributed by atoms with Crippen molar-refractivity contribution in [2.24, 2.45) is 0 Å². The van der Waals surface area contributed by atoms with Gasteiger partial charge in [0.2, 0.25) is 5.82 Å². The Balaban J connectivity index is 1.96. The summed E-state index contributed by atoms with van der Waals surface area (Å²) in [6, 6.07) is 6.78. The highest BCUT2D eigenvalue weighted by Crippen LogP contribution is 2.35. The Morgan fingerprint density at radius 1 is 1.12 bits per heavy atom. The Kier molecular flexibility index (Phi) is 4.38. The Labute approximate surface area is 139 Å². The second kappa shape index (κ2) is 6.20. The maximum Gasteiger partial charge on any atom is 0.451 e. The fourth-order valence-corrected chi connectivity index (χ4v) is 3.40. The molecule has 1 aromatic heterocycles. The molecule has 4 nitrogen and oxygen atoms in total. The first-order chi connectivity index (χ1) is 11.3. The van der Waals surface area contributed by atoms with Gasteiger partial charge in [0.25, 0.3) is 0 Å². The van der Waals surface area contributed by atoms with E-state index in [1.54, 1.807) is 24.3 Å². The molecule has 2 aromatic rings. The van der Waals surface area contributed by atoms with Crippen molar-refractivity contribution in [3.05, 3.63) is 30.1 Å². The van der Waals surface area contributed by atoms with E-state index in [1.807, 2.05) is 14.1 Å². The lowest BCUT2D eigenvalue weighted by molar-refractivity contribution is -0.144. The van der Waals surface area contributed by atoms with Gasteiger partial charge in [-0.05, 0) is 39.1 Å². The third-order valence-corrected chi connectivity index (χ3v) is 4.92. The van der Waals surface area contributed by atoms with E-state index >= 15 is 0 Å². The molecule has 0 atom stereocenters. The minimum atomic E-state index is -4.56. The van der Waals surface area contributed by atoms with Gasteiger partial charge in [0.15, 0.2) is 0 Å². The maximum absolute atomic E-state index is 13.1. The van der Waals surface area contributed by atoms with Crippen molar-refractivity contribution in [3.63, 3.8) is 0 Å². The molecular weight excluding hydrogens is 317 g/mol. The molecule has 130 valence electrons. The number of nitrogens with zero attached hydrogens (tertiary/aromatic N) is 3. The minimum Gasteiger partial charge on any atom is -0.368 e. The molecule has 1 heterocycles. The number of anilines is 1. The fraction of sp³-hybridized carbons (Fsp3) is 0.529. The molecule has 0 amide bonds. The molecule has 0 saturated heterocycles. The molecular formula is C17H21F3N4. The molecule has 3 rings (SSSR count). The number of hydrogen-bond donors (Lipinski definition) is 1. The van der Waals surface area contributed by atoms with Crippen molar-refractivity contribution < 1.29 is 13.2 Å². The van der Waals surface area contributed by atoms with Crippen molar-refractivity contribution in [1.29, 1.82) is 0 Å². The summed E-state index contributed by atoms with van der Waals surface area (Å²) in [4.78, 5) is 9.58. The van der Waals surface area contributed by atoms with Gasteiger partial charge in [0.1, 0.15) is 5.82 Å². The number of para-hydroxylation sites is 1. The molecule has 0 bridgehead atoms. The van der Waals surface area contributed by atoms with Crippen molar-refractivity contribution in [1.82, 2.24) is 14.9 Å². The second-order valence-electron chi connectivity index (χ2n) is 6.59. The molecule has 1 aromatic carbocycles. The number of aromatic nitrogens is 2. The lowest BCUT2D eigenvalue weighted by Gasteiger charge is -2.36. The van der Waals surface area contributed by atoms with E-state index in [4.69, 9.17) is 0 Å². The van der Waals surface area contributed by atoms with Crippen molar-refractivity contribution >= 4 is 16.7 Å². The first kappa shape index (κ1) is 17.0. The van der Waals surface area contributed by atoms with Crippen LogP contribution in [-0.2, 0) is 6.18 Å². The zero-order valence-electron chi connectivity index (χ0n) is 13.8. The third-order valence-electron chi connectivity index (χ3n) is 4.92. The van der Waals surface area contributed by atoms with E-state index in [0.29, 0.717) is 17.4 Å². The number of likely N-dealkylation sites (N-methyl/N-ethyl adjacent to an activating group) is 1. The highest BCUT2D eigenvalue weighted by Gasteiger charge is 2.37. The first-order valence-electron chi connectivity index (χ1n) is 8.07. The van der Waals surface area contributed by atoms with Crippen molar-refractivity contribution in [3.8, 4) is 0 Å². The van der Waals surface area contributed by atoms with Gasteiger partial charge in [-0.3, -0.25) is 0 Å². The Morgan fingerprint density at radius 3 is 2.42 bits per heavy atom. The van der Waals surface area contributed by atoms with Gasteiger partial charge in [-0.1, -0.05) is 25.0 Å². The predicted octanol–water partition coefficient (Wildman–Crippen LogP) is 3.93. The standard InChI is InChI=1S/C17H21F3N4/c1-24(2)16(9-5-6-10-16)11-21-14-12-7-3-4-8-13(12)22-15(23-14)17(18,19)20/h3-4,7-8H,5-6,9-11H2,1-2H3,(H,21,22,23). The van der Waals surface area contributed by atoms with Crippen LogP contribution in [0.15, 0.2) is 24.3 Å². The molecule has 1 saturated carbocycles. The average Bonchev–Trinajstić information content (AvgIpc) is 3.02. The summed E-state index contributed by atoms with van der Waals surface area (Å²) in [5, 5.41) is 3.78. The smallest absolute Gasteiger partial charge is 0.368 e. The highest BCUT2D eigenvalue weighted by molar-refractivity contribution is 5.89. The number of rotatable bonds is 4. The average molecular weight is 338 g/mol. The largest absolute Gasteiger partial charge is 0.451 e. The fourth-order valence-electron chi connectivity index (χ4n) is 3.40. The zero-order chi connectivity index (χ0) is 17.4. The van der Waals surface area contributed by atoms with Crippen LogP contribution < -0.4 is 5.32 Å². The van der Waals surface area contributed by atoms with E-state index in [-0.39, 0.29) is 11.4 Å². The van der Waals surface area contributed by atoms with Crippen LogP contribution in [0.3, 0.4) is 0 Å². The lowest BCUT2D eigenvalue weighted by atomic mass is 9.96. The summed E-state index contributed by atoms with van der Waals surface area (Å²) in [7, 11) is 4.04. The lowest BCUT2D eigenvalue weighted by Crippen LogP contribution is -2.47. The summed E-state index contributed by atoms with van der Waals surface area (Å²) in [5.41, 5.74) is 0.261. The van der Waals surface area contributed by atoms with Gasteiger partial charge in [0.05, 0.1) is 5.52 Å². The van der Waals surface area contributed by atoms with Crippen LogP contribution in [0.5, 0.6) is 0 Å². The van der Waals surface area contributed by atoms with E-state index < -0.39 is 12.0 Å². The number of nitrogens with one attached hydrogen (secondary N) is 1. The Hall–Kier alpha value is -1.89. The van der Waals surface area contributed by atoms with E-state index in [0.717, 1.165) is 25.7 Å². The molecule has 1 aliphatic rings. The number of hydrogen-bond acceptors (Lipinski definition) is 4. The summed E-state index contributed by atoms with van der Waals surface area (Å²) < 4.78 is 39.2. The van der Waals surface area contributed by atoms with Gasteiger partial charge in [-0.2, -0.15) is 13.2 Å². The molecule has 1 aliphatic carbocycles. The van der Waals surface area contributed by atoms with Gasteiger partial charge in [-0.25, -0.2) is 9.97 Å². The van der Waals surface area contributed by atoms with Crippen molar-refractivity contribution in [2.75, 3.05) is 26.0 Å². The molecule has 0 radical (unpaired) electrons. The minimum absolute atomic E-state index is 0.0373. The quantitative estimate of drug-likeness (QED) is 0.917. The topological polar surface area (TPSA) is 41.0 Å². The van der Waals surface area contributed by atoms with Crippen LogP contribution in [-0.4, -0.2) is 41.0 Å². The summed E-state index contributed by atoms with van der Waals surface area (Å²) in [5.74, 6) is -0.852. The van der Waals surface area contributed by atoms with Crippen LogP contribution in [0.25, 0.3) is 10.9 Å². The molecule has 1 fully saturated rings. The molecule has 0 aliphatic heterocycles. The van der Waals surface area contributed by atoms with Gasteiger partial charge < -0.3 is 10.2 Å². The van der Waals surface area contributed by atoms with E-state index in [2.05, 4.69) is 20.2 Å². The highest BCUT2D eigenvalue weighted by atomic mass is 19.4. The normalized spacial score (nSPS) is 17.6. The van der Waals surface area contributed by atoms with Gasteiger partial charge in [0, 0.05) is 17.5 Å². The maximum atomic E-state index is 13.1. The number of halogens is 3. The number of fused-ring (bicyclic) bond motifs is 1. The van der Waals surface area contributed by atoms with Crippen LogP contribution in [0.4, 0.5) is 19.0 Å². The number of benzene rings is 1. The summed E-state index contributed by atoms with van der Waals surface area (Å²) in [6.07, 6.45) is -0.228. The third kappa shape index (κ3) is 3.17. The van der Waals surface area contributed by atoms with Crippen LogP contribution in [0, 0.1) is 0 Å². The van der Waals surface area contributed by atoms with Crippen LogP contribution in [0.2, 0.25) is 0 Å². The monoisotopic (exact) mass is 338 g/mol. The number of alkyl halides is 3. The van der Waals surface area contributed by atoms with E-state index in [9.17, 15) is 13.2 Å². The van der Waals surface area contributed by atoms with E-state index in [1.165, 1.54) is 0 Å². The molecule has 24 heavy (non-hydrogen) atoms. The second-order valence-corrected chi connectivity index (χ2v) is 6.59. The predicted molar refractivity (Wildman–Crippen MR) is 87.9 cm³/mol. The summed E-state index contributed by atoms with van der Waals surface area (Å²) >= 11 is 0. The Morgan fingerprint density at radius 2 is 1.79 bits per heavy atom. The first-order valence-corrected chi connectivity index (χ1v) is 8.07. The van der Waals surface area contributed by atoms with Crippen molar-refractivity contribution in [2.45, 2.75) is 37.4 Å². The summed E-state index contributed by atoms with van der Waals surface area (Å²) in [6.45, 7) is 0.568. The molecule has 1 N–H and O–H groups in total. The van der Waals surface area contributed by atoms with Gasteiger partial charge in [-0.15, -0.1) is 0 Å². The van der Waals surface area contributed by atoms with Crippen LogP contribution in [0.1, 0.15) is 31.5 Å². The SMILES string of the molecule is CN(C)C1(CNc2nc(C(F)(F)F)nc3ccccc23)CCCC1. The molecule has 0 spiro atoms. The Bertz CT molecular complexity index is 721. The van der Waals surface area contributed by atoms with Gasteiger partial charge >= 0.3 is 6.18 Å². The zero-order valence-corrected chi connectivity index (χ0v) is 13.8. The molecule has 7 heteroatoms.